The normalized spacial score (nSPS) is 10.6. The summed E-state index contributed by atoms with van der Waals surface area (Å²) in [7, 11) is 1.61. The van der Waals surface area contributed by atoms with E-state index in [1.165, 1.54) is 5.56 Å². The summed E-state index contributed by atoms with van der Waals surface area (Å²) in [4.78, 5) is 11.9. The highest BCUT2D eigenvalue weighted by molar-refractivity contribution is 5.84. The number of hydrazone groups is 1. The van der Waals surface area contributed by atoms with E-state index in [4.69, 9.17) is 4.74 Å². The van der Waals surface area contributed by atoms with Crippen molar-refractivity contribution in [3.8, 4) is 16.9 Å². The zero-order valence-electron chi connectivity index (χ0n) is 15.1. The number of carbonyl (C=O) groups is 1. The monoisotopic (exact) mass is 359 g/mol. The van der Waals surface area contributed by atoms with E-state index in [1.54, 1.807) is 13.3 Å². The van der Waals surface area contributed by atoms with Crippen LogP contribution in [0.25, 0.3) is 11.1 Å². The average Bonchev–Trinajstić information content (AvgIpc) is 2.74. The Kier molecular flexibility index (Phi) is 6.20. The van der Waals surface area contributed by atoms with Crippen molar-refractivity contribution in [1.29, 1.82) is 0 Å². The van der Waals surface area contributed by atoms with Crippen LogP contribution in [0.1, 0.15) is 5.56 Å². The van der Waals surface area contributed by atoms with Gasteiger partial charge in [-0.3, -0.25) is 4.79 Å². The summed E-state index contributed by atoms with van der Waals surface area (Å²) in [5, 5.41) is 7.03. The molecule has 0 spiro atoms. The Hall–Kier alpha value is -3.60. The maximum atomic E-state index is 11.9. The van der Waals surface area contributed by atoms with Gasteiger partial charge in [-0.1, -0.05) is 54.6 Å². The predicted molar refractivity (Wildman–Crippen MR) is 109 cm³/mol. The lowest BCUT2D eigenvalue weighted by Crippen LogP contribution is -2.25. The highest BCUT2D eigenvalue weighted by Gasteiger charge is 2.00. The summed E-state index contributed by atoms with van der Waals surface area (Å²) >= 11 is 0. The van der Waals surface area contributed by atoms with Gasteiger partial charge in [-0.25, -0.2) is 5.43 Å². The van der Waals surface area contributed by atoms with Crippen LogP contribution >= 0.6 is 0 Å². The van der Waals surface area contributed by atoms with Gasteiger partial charge in [-0.2, -0.15) is 5.10 Å². The summed E-state index contributed by atoms with van der Waals surface area (Å²) in [5.74, 6) is 0.552. The molecule has 3 aromatic carbocycles. The lowest BCUT2D eigenvalue weighted by atomic mass is 10.0. The number of ether oxygens (including phenoxy) is 1. The number of hydrogen-bond acceptors (Lipinski definition) is 4. The highest BCUT2D eigenvalue weighted by atomic mass is 16.5. The Balaban J connectivity index is 1.47. The second-order valence-corrected chi connectivity index (χ2v) is 5.86. The van der Waals surface area contributed by atoms with Gasteiger partial charge in [0, 0.05) is 5.69 Å². The molecule has 0 saturated heterocycles. The molecule has 2 N–H and O–H groups in total. The van der Waals surface area contributed by atoms with Gasteiger partial charge in [0.1, 0.15) is 5.75 Å². The highest BCUT2D eigenvalue weighted by Crippen LogP contribution is 2.18. The van der Waals surface area contributed by atoms with Crippen LogP contribution in [0.5, 0.6) is 5.75 Å². The van der Waals surface area contributed by atoms with E-state index < -0.39 is 0 Å². The van der Waals surface area contributed by atoms with E-state index in [2.05, 4.69) is 28.0 Å². The third-order valence-corrected chi connectivity index (χ3v) is 3.96. The Labute approximate surface area is 158 Å². The van der Waals surface area contributed by atoms with Crippen LogP contribution in [-0.2, 0) is 4.79 Å². The minimum absolute atomic E-state index is 0.136. The Bertz CT molecular complexity index is 889. The van der Waals surface area contributed by atoms with Gasteiger partial charge >= 0.3 is 0 Å². The number of rotatable bonds is 7. The fourth-order valence-electron chi connectivity index (χ4n) is 2.50. The molecule has 136 valence electrons. The van der Waals surface area contributed by atoms with Crippen molar-refractivity contribution in [3.63, 3.8) is 0 Å². The van der Waals surface area contributed by atoms with Crippen molar-refractivity contribution in [2.45, 2.75) is 0 Å². The Morgan fingerprint density at radius 2 is 1.59 bits per heavy atom. The van der Waals surface area contributed by atoms with Crippen molar-refractivity contribution in [3.05, 3.63) is 84.4 Å². The first kappa shape index (κ1) is 18.2. The van der Waals surface area contributed by atoms with Crippen LogP contribution in [0.4, 0.5) is 5.69 Å². The fraction of sp³-hybridized carbons (Fsp3) is 0.0909. The molecule has 5 nitrogen and oxygen atoms in total. The number of benzene rings is 3. The lowest BCUT2D eigenvalue weighted by Gasteiger charge is -2.06. The van der Waals surface area contributed by atoms with Crippen molar-refractivity contribution in [2.75, 3.05) is 19.0 Å². The topological polar surface area (TPSA) is 62.7 Å². The molecule has 0 fully saturated rings. The number of anilines is 1. The minimum Gasteiger partial charge on any atom is -0.497 e. The second kappa shape index (κ2) is 9.20. The van der Waals surface area contributed by atoms with Gasteiger partial charge < -0.3 is 10.1 Å². The fourth-order valence-corrected chi connectivity index (χ4v) is 2.50. The van der Waals surface area contributed by atoms with Crippen molar-refractivity contribution >= 4 is 17.8 Å². The summed E-state index contributed by atoms with van der Waals surface area (Å²) in [6.07, 6.45) is 1.63. The SMILES string of the molecule is COc1ccc(NCC(=O)N/N=C\c2ccc(-c3ccccc3)cc2)cc1. The van der Waals surface area contributed by atoms with Gasteiger partial charge in [0.2, 0.25) is 0 Å². The molecule has 0 saturated carbocycles. The zero-order valence-corrected chi connectivity index (χ0v) is 15.1. The van der Waals surface area contributed by atoms with Crippen LogP contribution in [0, 0.1) is 0 Å². The molecule has 0 unspecified atom stereocenters. The van der Waals surface area contributed by atoms with Gasteiger partial charge in [-0.05, 0) is 41.0 Å². The first-order valence-corrected chi connectivity index (χ1v) is 8.60. The van der Waals surface area contributed by atoms with E-state index in [1.807, 2.05) is 66.7 Å². The Morgan fingerprint density at radius 3 is 2.26 bits per heavy atom. The molecule has 0 aromatic heterocycles. The van der Waals surface area contributed by atoms with Crippen LogP contribution < -0.4 is 15.5 Å². The molecule has 5 heteroatoms. The van der Waals surface area contributed by atoms with Crippen molar-refractivity contribution in [2.24, 2.45) is 5.10 Å². The molecular weight excluding hydrogens is 338 g/mol. The maximum Gasteiger partial charge on any atom is 0.259 e. The van der Waals surface area contributed by atoms with E-state index >= 15 is 0 Å². The number of carbonyl (C=O) groups excluding carboxylic acids is 1. The van der Waals surface area contributed by atoms with Crippen LogP contribution in [0.15, 0.2) is 84.0 Å². The van der Waals surface area contributed by atoms with Gasteiger partial charge in [0.25, 0.3) is 5.91 Å². The van der Waals surface area contributed by atoms with Gasteiger partial charge in [0.15, 0.2) is 0 Å². The number of nitrogens with one attached hydrogen (secondary N) is 2. The number of methoxy groups -OCH3 is 1. The predicted octanol–water partition coefficient (Wildman–Crippen LogP) is 3.92. The number of amides is 1. The molecule has 3 aromatic rings. The van der Waals surface area contributed by atoms with Crippen LogP contribution in [0.2, 0.25) is 0 Å². The van der Waals surface area contributed by atoms with Crippen LogP contribution in [-0.4, -0.2) is 25.8 Å². The third kappa shape index (κ3) is 5.44. The average molecular weight is 359 g/mol. The molecule has 27 heavy (non-hydrogen) atoms. The zero-order chi connectivity index (χ0) is 18.9. The quantitative estimate of drug-likeness (QED) is 0.496. The molecule has 0 bridgehead atoms. The maximum absolute atomic E-state index is 11.9. The second-order valence-electron chi connectivity index (χ2n) is 5.86. The molecular formula is C22H21N3O2. The number of hydrogen-bond donors (Lipinski definition) is 2. The standard InChI is InChI=1S/C22H21N3O2/c1-27-21-13-11-20(12-14-21)23-16-22(26)25-24-15-17-7-9-19(10-8-17)18-5-3-2-4-6-18/h2-15,23H,16H2,1H3,(H,25,26)/b24-15-. The molecule has 0 aliphatic rings. The summed E-state index contributed by atoms with van der Waals surface area (Å²) in [6.45, 7) is 0.136. The summed E-state index contributed by atoms with van der Waals surface area (Å²) in [5.41, 5.74) is 6.57. The molecule has 3 rings (SSSR count). The van der Waals surface area contributed by atoms with E-state index in [0.717, 1.165) is 22.6 Å². The van der Waals surface area contributed by atoms with Gasteiger partial charge in [-0.15, -0.1) is 0 Å². The Morgan fingerprint density at radius 1 is 0.926 bits per heavy atom. The smallest absolute Gasteiger partial charge is 0.259 e. The third-order valence-electron chi connectivity index (χ3n) is 3.96. The van der Waals surface area contributed by atoms with E-state index in [9.17, 15) is 4.79 Å². The number of nitrogens with zero attached hydrogens (tertiary/aromatic N) is 1. The summed E-state index contributed by atoms with van der Waals surface area (Å²) < 4.78 is 5.10. The molecule has 0 aliphatic heterocycles. The van der Waals surface area contributed by atoms with E-state index in [-0.39, 0.29) is 12.5 Å². The first-order chi connectivity index (χ1) is 13.2. The minimum atomic E-state index is -0.219. The largest absolute Gasteiger partial charge is 0.497 e. The molecule has 1 amide bonds. The lowest BCUT2D eigenvalue weighted by molar-refractivity contribution is -0.119. The molecule has 0 aliphatic carbocycles. The molecule has 0 atom stereocenters. The van der Waals surface area contributed by atoms with E-state index in [0.29, 0.717) is 0 Å². The molecule has 0 heterocycles. The molecule has 0 radical (unpaired) electrons. The van der Waals surface area contributed by atoms with Crippen molar-refractivity contribution in [1.82, 2.24) is 5.43 Å². The summed E-state index contributed by atoms with van der Waals surface area (Å²) in [6, 6.07) is 25.5. The van der Waals surface area contributed by atoms with Crippen LogP contribution in [0.3, 0.4) is 0 Å². The van der Waals surface area contributed by atoms with Gasteiger partial charge in [0.05, 0.1) is 19.9 Å². The van der Waals surface area contributed by atoms with Crippen molar-refractivity contribution < 1.29 is 9.53 Å². The first-order valence-electron chi connectivity index (χ1n) is 8.60.